The van der Waals surface area contributed by atoms with Crippen LogP contribution in [0.5, 0.6) is 0 Å². The standard InChI is InChI=1S/C14H15N3O4/c18-13(19)7-11-9-17(5-6-21-11)14(20)10-1-2-12-15-3-4-16(12)8-10/h1-4,8,11H,5-7,9H2,(H,18,19). The first kappa shape index (κ1) is 13.6. The Hall–Kier alpha value is -2.41. The van der Waals surface area contributed by atoms with Gasteiger partial charge in [0.25, 0.3) is 5.91 Å². The number of hydrogen-bond acceptors (Lipinski definition) is 4. The Kier molecular flexibility index (Phi) is 3.57. The number of carbonyl (C=O) groups is 2. The maximum atomic E-state index is 12.5. The molecular weight excluding hydrogens is 274 g/mol. The molecule has 0 saturated carbocycles. The van der Waals surface area contributed by atoms with E-state index in [-0.39, 0.29) is 12.3 Å². The summed E-state index contributed by atoms with van der Waals surface area (Å²) in [4.78, 5) is 29.0. The first-order valence-electron chi connectivity index (χ1n) is 6.69. The number of carboxylic acid groups (broad SMARTS) is 1. The number of rotatable bonds is 3. The Balaban J connectivity index is 1.75. The molecule has 0 spiro atoms. The molecule has 7 heteroatoms. The molecule has 3 heterocycles. The largest absolute Gasteiger partial charge is 0.481 e. The zero-order chi connectivity index (χ0) is 14.8. The van der Waals surface area contributed by atoms with E-state index in [0.29, 0.717) is 25.3 Å². The first-order valence-corrected chi connectivity index (χ1v) is 6.69. The number of carbonyl (C=O) groups excluding carboxylic acids is 1. The lowest BCUT2D eigenvalue weighted by atomic mass is 10.1. The van der Waals surface area contributed by atoms with Gasteiger partial charge < -0.3 is 19.1 Å². The van der Waals surface area contributed by atoms with Crippen LogP contribution >= 0.6 is 0 Å². The number of ether oxygens (including phenoxy) is 1. The van der Waals surface area contributed by atoms with Crippen LogP contribution in [0, 0.1) is 0 Å². The van der Waals surface area contributed by atoms with Crippen molar-refractivity contribution < 1.29 is 19.4 Å². The average Bonchev–Trinajstić information content (AvgIpc) is 2.93. The summed E-state index contributed by atoms with van der Waals surface area (Å²) in [7, 11) is 0. The molecule has 110 valence electrons. The predicted octanol–water partition coefficient (Wildman–Crippen LogP) is 0.650. The van der Waals surface area contributed by atoms with E-state index in [4.69, 9.17) is 9.84 Å². The maximum Gasteiger partial charge on any atom is 0.306 e. The molecule has 1 atom stereocenters. The highest BCUT2D eigenvalue weighted by Gasteiger charge is 2.26. The van der Waals surface area contributed by atoms with E-state index in [1.165, 1.54) is 0 Å². The monoisotopic (exact) mass is 289 g/mol. The predicted molar refractivity (Wildman–Crippen MR) is 73.1 cm³/mol. The molecule has 0 radical (unpaired) electrons. The Morgan fingerprint density at radius 1 is 1.43 bits per heavy atom. The summed E-state index contributed by atoms with van der Waals surface area (Å²) in [5.41, 5.74) is 1.33. The second-order valence-electron chi connectivity index (χ2n) is 4.95. The zero-order valence-corrected chi connectivity index (χ0v) is 11.3. The molecule has 3 rings (SSSR count). The lowest BCUT2D eigenvalue weighted by Crippen LogP contribution is -2.46. The molecule has 0 aromatic carbocycles. The lowest BCUT2D eigenvalue weighted by molar-refractivity contribution is -0.141. The van der Waals surface area contributed by atoms with Gasteiger partial charge in [0.2, 0.25) is 0 Å². The summed E-state index contributed by atoms with van der Waals surface area (Å²) >= 11 is 0. The summed E-state index contributed by atoms with van der Waals surface area (Å²) < 4.78 is 7.15. The van der Waals surface area contributed by atoms with Crippen LogP contribution in [0.15, 0.2) is 30.7 Å². The minimum Gasteiger partial charge on any atom is -0.481 e. The van der Waals surface area contributed by atoms with Gasteiger partial charge in [-0.2, -0.15) is 0 Å². The van der Waals surface area contributed by atoms with Crippen molar-refractivity contribution in [2.75, 3.05) is 19.7 Å². The molecular formula is C14H15N3O4. The van der Waals surface area contributed by atoms with E-state index in [2.05, 4.69) is 4.98 Å². The van der Waals surface area contributed by atoms with Gasteiger partial charge in [0, 0.05) is 31.7 Å². The van der Waals surface area contributed by atoms with Gasteiger partial charge in [-0.15, -0.1) is 0 Å². The molecule has 1 fully saturated rings. The van der Waals surface area contributed by atoms with Crippen molar-refractivity contribution in [3.8, 4) is 0 Å². The number of imidazole rings is 1. The van der Waals surface area contributed by atoms with E-state index in [0.717, 1.165) is 5.65 Å². The van der Waals surface area contributed by atoms with Gasteiger partial charge in [0.1, 0.15) is 5.65 Å². The number of pyridine rings is 1. The number of morpholine rings is 1. The fourth-order valence-corrected chi connectivity index (χ4v) is 2.45. The van der Waals surface area contributed by atoms with Crippen LogP contribution in [-0.4, -0.2) is 57.1 Å². The molecule has 2 aromatic heterocycles. The van der Waals surface area contributed by atoms with Crippen molar-refractivity contribution in [1.29, 1.82) is 0 Å². The van der Waals surface area contributed by atoms with Crippen LogP contribution in [0.25, 0.3) is 5.65 Å². The Morgan fingerprint density at radius 2 is 2.29 bits per heavy atom. The van der Waals surface area contributed by atoms with Gasteiger partial charge in [0.05, 0.1) is 24.7 Å². The molecule has 2 aromatic rings. The van der Waals surface area contributed by atoms with Crippen molar-refractivity contribution in [2.45, 2.75) is 12.5 Å². The number of hydrogen-bond donors (Lipinski definition) is 1. The van der Waals surface area contributed by atoms with Gasteiger partial charge in [-0.1, -0.05) is 0 Å². The second kappa shape index (κ2) is 5.53. The summed E-state index contributed by atoms with van der Waals surface area (Å²) in [6.07, 6.45) is 4.63. The van der Waals surface area contributed by atoms with Crippen molar-refractivity contribution in [2.24, 2.45) is 0 Å². The lowest BCUT2D eigenvalue weighted by Gasteiger charge is -2.32. The third-order valence-corrected chi connectivity index (χ3v) is 3.46. The molecule has 21 heavy (non-hydrogen) atoms. The number of aromatic nitrogens is 2. The van der Waals surface area contributed by atoms with Crippen LogP contribution < -0.4 is 0 Å². The van der Waals surface area contributed by atoms with Crippen molar-refractivity contribution in [3.05, 3.63) is 36.3 Å². The van der Waals surface area contributed by atoms with Crippen LogP contribution in [0.3, 0.4) is 0 Å². The van der Waals surface area contributed by atoms with Gasteiger partial charge in [-0.05, 0) is 12.1 Å². The summed E-state index contributed by atoms with van der Waals surface area (Å²) in [6.45, 7) is 1.13. The van der Waals surface area contributed by atoms with Gasteiger partial charge in [-0.25, -0.2) is 4.98 Å². The van der Waals surface area contributed by atoms with Crippen LogP contribution in [0.4, 0.5) is 0 Å². The zero-order valence-electron chi connectivity index (χ0n) is 11.3. The quantitative estimate of drug-likeness (QED) is 0.897. The topological polar surface area (TPSA) is 84.1 Å². The first-order chi connectivity index (χ1) is 10.1. The fraction of sp³-hybridized carbons (Fsp3) is 0.357. The molecule has 1 unspecified atom stereocenters. The van der Waals surface area contributed by atoms with Crippen molar-refractivity contribution in [1.82, 2.24) is 14.3 Å². The van der Waals surface area contributed by atoms with Crippen LogP contribution in [0.2, 0.25) is 0 Å². The van der Waals surface area contributed by atoms with Crippen LogP contribution in [0.1, 0.15) is 16.8 Å². The Labute approximate surface area is 120 Å². The molecule has 1 aliphatic rings. The van der Waals surface area contributed by atoms with E-state index in [1.54, 1.807) is 40.0 Å². The Morgan fingerprint density at radius 3 is 3.10 bits per heavy atom. The third-order valence-electron chi connectivity index (χ3n) is 3.46. The fourth-order valence-electron chi connectivity index (χ4n) is 2.45. The summed E-state index contributed by atoms with van der Waals surface area (Å²) in [5, 5.41) is 8.81. The molecule has 7 nitrogen and oxygen atoms in total. The third kappa shape index (κ3) is 2.87. The number of amides is 1. The smallest absolute Gasteiger partial charge is 0.306 e. The molecule has 0 aliphatic carbocycles. The minimum atomic E-state index is -0.922. The highest BCUT2D eigenvalue weighted by molar-refractivity contribution is 5.94. The van der Waals surface area contributed by atoms with E-state index >= 15 is 0 Å². The molecule has 0 bridgehead atoms. The SMILES string of the molecule is O=C(O)CC1CN(C(=O)c2ccc3nccn3c2)CCO1. The van der Waals surface area contributed by atoms with E-state index in [9.17, 15) is 9.59 Å². The minimum absolute atomic E-state index is 0.0929. The van der Waals surface area contributed by atoms with Gasteiger partial charge in [0.15, 0.2) is 0 Å². The highest BCUT2D eigenvalue weighted by Crippen LogP contribution is 2.13. The van der Waals surface area contributed by atoms with Crippen molar-refractivity contribution in [3.63, 3.8) is 0 Å². The van der Waals surface area contributed by atoms with Crippen molar-refractivity contribution >= 4 is 17.5 Å². The molecule has 1 N–H and O–H groups in total. The molecule has 1 aliphatic heterocycles. The number of fused-ring (bicyclic) bond motifs is 1. The molecule has 1 saturated heterocycles. The average molecular weight is 289 g/mol. The highest BCUT2D eigenvalue weighted by atomic mass is 16.5. The van der Waals surface area contributed by atoms with Gasteiger partial charge >= 0.3 is 5.97 Å². The Bertz CT molecular complexity index is 682. The number of aliphatic carboxylic acids is 1. The van der Waals surface area contributed by atoms with E-state index < -0.39 is 12.1 Å². The normalized spacial score (nSPS) is 18.9. The molecule has 1 amide bonds. The van der Waals surface area contributed by atoms with E-state index in [1.807, 2.05) is 0 Å². The number of carboxylic acids is 1. The van der Waals surface area contributed by atoms with Gasteiger partial charge in [-0.3, -0.25) is 9.59 Å². The maximum absolute atomic E-state index is 12.5. The second-order valence-corrected chi connectivity index (χ2v) is 4.95. The summed E-state index contributed by atoms with van der Waals surface area (Å²) in [5.74, 6) is -1.04. The van der Waals surface area contributed by atoms with Crippen LogP contribution in [-0.2, 0) is 9.53 Å². The summed E-state index contributed by atoms with van der Waals surface area (Å²) in [6, 6.07) is 3.51. The number of nitrogens with zero attached hydrogens (tertiary/aromatic N) is 3.